The van der Waals surface area contributed by atoms with Gasteiger partial charge in [0.25, 0.3) is 6.79 Å². The second-order valence-corrected chi connectivity index (χ2v) is 3.31. The Morgan fingerprint density at radius 1 is 1.00 bits per heavy atom. The van der Waals surface area contributed by atoms with Crippen LogP contribution in [0.3, 0.4) is 0 Å². The molecule has 17 heavy (non-hydrogen) atoms. The summed E-state index contributed by atoms with van der Waals surface area (Å²) in [6, 6.07) is 0. The number of hydrogen-bond acceptors (Lipinski definition) is 8. The molecule has 10 heteroatoms. The summed E-state index contributed by atoms with van der Waals surface area (Å²) in [5, 5.41) is 45.1. The zero-order valence-electron chi connectivity index (χ0n) is 9.59. The van der Waals surface area contributed by atoms with E-state index in [0.29, 0.717) is 0 Å². The summed E-state index contributed by atoms with van der Waals surface area (Å²) < 4.78 is 0. The van der Waals surface area contributed by atoms with Gasteiger partial charge in [0.1, 0.15) is 12.2 Å². The van der Waals surface area contributed by atoms with Crippen molar-refractivity contribution in [2.75, 3.05) is 19.9 Å². The summed E-state index contributed by atoms with van der Waals surface area (Å²) in [7, 11) is 0. The van der Waals surface area contributed by atoms with Crippen LogP contribution >= 0.6 is 0 Å². The second kappa shape index (κ2) is 8.47. The average Bonchev–Trinajstić information content (AvgIpc) is 2.14. The van der Waals surface area contributed by atoms with Gasteiger partial charge in [0, 0.05) is 0 Å². The Balaban J connectivity index is 3.70. The van der Waals surface area contributed by atoms with Gasteiger partial charge in [-0.1, -0.05) is 9.72 Å². The van der Waals surface area contributed by atoms with Gasteiger partial charge in [-0.2, -0.15) is 0 Å². The molecular weight excluding hydrogens is 236 g/mol. The molecule has 2 unspecified atom stereocenters. The minimum absolute atomic E-state index is 0.124. The fourth-order valence-corrected chi connectivity index (χ4v) is 0.718. The molecule has 0 aromatic heterocycles. The third-order valence-corrected chi connectivity index (χ3v) is 1.24. The van der Waals surface area contributed by atoms with Gasteiger partial charge >= 0.3 is 0 Å². The van der Waals surface area contributed by atoms with Crippen LogP contribution in [0.25, 0.3) is 0 Å². The van der Waals surface area contributed by atoms with Crippen LogP contribution in [0.1, 0.15) is 13.8 Å². The molecule has 0 saturated heterocycles. The monoisotopic (exact) mass is 252 g/mol. The molecule has 2 N–H and O–H groups in total. The van der Waals surface area contributed by atoms with E-state index in [1.54, 1.807) is 0 Å². The molecule has 0 saturated carbocycles. The maximum absolute atomic E-state index is 10.8. The Morgan fingerprint density at radius 2 is 1.35 bits per heavy atom. The minimum Gasteiger partial charge on any atom is -0.597 e. The van der Waals surface area contributed by atoms with E-state index in [1.165, 1.54) is 13.8 Å². The lowest BCUT2D eigenvalue weighted by Gasteiger charge is -2.02. The third-order valence-electron chi connectivity index (χ3n) is 1.24. The molecule has 0 aliphatic rings. The van der Waals surface area contributed by atoms with Gasteiger partial charge in [0.05, 0.1) is 0 Å². The number of hydroxylamine groups is 2. The fraction of sp³-hybridized carbons (Fsp3) is 1.00. The standard InChI is InChI=1S/C7H16N4O6/c1-6(12)3-10(14)8-16-5-17-9-11(15)4-7(2)13/h6-7,12-13H,3-5H2,1-2H3/b10-8-,11-9-. The second-order valence-electron chi connectivity index (χ2n) is 3.31. The van der Waals surface area contributed by atoms with Crippen LogP contribution < -0.4 is 0 Å². The van der Waals surface area contributed by atoms with Crippen LogP contribution in [0.15, 0.2) is 10.6 Å². The van der Waals surface area contributed by atoms with E-state index in [2.05, 4.69) is 20.2 Å². The van der Waals surface area contributed by atoms with E-state index >= 15 is 0 Å². The van der Waals surface area contributed by atoms with Crippen molar-refractivity contribution in [2.24, 2.45) is 10.6 Å². The van der Waals surface area contributed by atoms with Gasteiger partial charge in [0.15, 0.2) is 0 Å². The Hall–Kier alpha value is -1.68. The molecule has 100 valence electrons. The van der Waals surface area contributed by atoms with Gasteiger partial charge in [-0.25, -0.2) is 0 Å². The highest BCUT2D eigenvalue weighted by atomic mass is 16.8. The summed E-state index contributed by atoms with van der Waals surface area (Å²) >= 11 is 0. The van der Waals surface area contributed by atoms with E-state index in [-0.39, 0.29) is 22.8 Å². The first-order valence-corrected chi connectivity index (χ1v) is 4.83. The van der Waals surface area contributed by atoms with Crippen LogP contribution in [-0.4, -0.2) is 52.0 Å². The molecule has 0 aliphatic heterocycles. The number of aliphatic hydroxyl groups excluding tert-OH is 2. The molecule has 0 fully saturated rings. The summed E-state index contributed by atoms with van der Waals surface area (Å²) in [5.41, 5.74) is 0. The van der Waals surface area contributed by atoms with E-state index in [1.807, 2.05) is 0 Å². The van der Waals surface area contributed by atoms with Gasteiger partial charge < -0.3 is 30.3 Å². The predicted molar refractivity (Wildman–Crippen MR) is 52.2 cm³/mol. The van der Waals surface area contributed by atoms with E-state index in [9.17, 15) is 10.4 Å². The first kappa shape index (κ1) is 15.3. The summed E-state index contributed by atoms with van der Waals surface area (Å²) in [4.78, 5) is 8.92. The molecule has 2 atom stereocenters. The molecule has 0 aliphatic carbocycles. The van der Waals surface area contributed by atoms with Crippen molar-refractivity contribution < 1.29 is 29.6 Å². The molecule has 0 radical (unpaired) electrons. The third kappa shape index (κ3) is 10.6. The molecule has 0 heterocycles. The van der Waals surface area contributed by atoms with Crippen molar-refractivity contribution in [1.29, 1.82) is 0 Å². The van der Waals surface area contributed by atoms with Crippen molar-refractivity contribution in [3.63, 3.8) is 0 Å². The van der Waals surface area contributed by atoms with Gasteiger partial charge in [-0.05, 0) is 13.8 Å². The maximum Gasteiger partial charge on any atom is 0.292 e. The molecule has 0 bridgehead atoms. The quantitative estimate of drug-likeness (QED) is 0.196. The van der Waals surface area contributed by atoms with Crippen LogP contribution in [0.2, 0.25) is 0 Å². The first-order valence-electron chi connectivity index (χ1n) is 4.83. The highest BCUT2D eigenvalue weighted by Gasteiger charge is 2.04. The van der Waals surface area contributed by atoms with Crippen LogP contribution in [0.4, 0.5) is 0 Å². The molecule has 0 amide bonds. The van der Waals surface area contributed by atoms with Gasteiger partial charge in [-0.3, -0.25) is 0 Å². The van der Waals surface area contributed by atoms with Crippen LogP contribution in [-0.2, 0) is 9.68 Å². The molecule has 0 aromatic carbocycles. The zero-order chi connectivity index (χ0) is 13.3. The average molecular weight is 252 g/mol. The Morgan fingerprint density at radius 3 is 1.65 bits per heavy atom. The topological polar surface area (TPSA) is 136 Å². The van der Waals surface area contributed by atoms with Crippen LogP contribution in [0.5, 0.6) is 0 Å². The summed E-state index contributed by atoms with van der Waals surface area (Å²) in [5.74, 6) is 0. The van der Waals surface area contributed by atoms with Crippen molar-refractivity contribution in [2.45, 2.75) is 26.1 Å². The Labute approximate surface area is 97.5 Å². The Bertz CT molecular complexity index is 241. The van der Waals surface area contributed by atoms with Crippen molar-refractivity contribution in [3.8, 4) is 0 Å². The molecular formula is C7H16N4O6. The largest absolute Gasteiger partial charge is 0.597 e. The van der Waals surface area contributed by atoms with Crippen molar-refractivity contribution >= 4 is 0 Å². The highest BCUT2D eigenvalue weighted by Crippen LogP contribution is 1.88. The smallest absolute Gasteiger partial charge is 0.292 e. The van der Waals surface area contributed by atoms with E-state index in [4.69, 9.17) is 10.2 Å². The maximum atomic E-state index is 10.8. The van der Waals surface area contributed by atoms with Crippen LogP contribution in [0, 0.1) is 10.4 Å². The minimum atomic E-state index is -0.839. The molecule has 10 nitrogen and oxygen atoms in total. The number of nitrogens with zero attached hydrogens (tertiary/aromatic N) is 4. The highest BCUT2D eigenvalue weighted by molar-refractivity contribution is 4.37. The lowest BCUT2D eigenvalue weighted by atomic mass is 10.4. The lowest BCUT2D eigenvalue weighted by Crippen LogP contribution is -2.17. The fourth-order valence-electron chi connectivity index (χ4n) is 0.718. The van der Waals surface area contributed by atoms with E-state index in [0.717, 1.165) is 0 Å². The first-order chi connectivity index (χ1) is 7.91. The number of aliphatic hydroxyl groups is 2. The Kier molecular flexibility index (Phi) is 7.63. The van der Waals surface area contributed by atoms with Gasteiger partial charge in [-0.15, -0.1) is 0 Å². The zero-order valence-corrected chi connectivity index (χ0v) is 9.59. The SMILES string of the molecule is CC(O)C/[N+]([O-])=N/OCO/N=[N+](\[O-])CC(C)O. The number of hydrogen-bond donors (Lipinski definition) is 2. The predicted octanol–water partition coefficient (Wildman–Crippen LogP) is -0.506. The normalized spacial score (nSPS) is 16.5. The van der Waals surface area contributed by atoms with E-state index < -0.39 is 19.0 Å². The van der Waals surface area contributed by atoms with Gasteiger partial charge in [0.2, 0.25) is 23.6 Å². The molecule has 0 spiro atoms. The lowest BCUT2D eigenvalue weighted by molar-refractivity contribution is -0.579. The number of rotatable bonds is 8. The summed E-state index contributed by atoms with van der Waals surface area (Å²) in [6.07, 6.45) is -1.68. The summed E-state index contributed by atoms with van der Waals surface area (Å²) in [6.45, 7) is 1.81. The van der Waals surface area contributed by atoms with Crippen molar-refractivity contribution in [3.05, 3.63) is 10.4 Å². The van der Waals surface area contributed by atoms with Crippen molar-refractivity contribution in [1.82, 2.24) is 0 Å². The molecule has 0 rings (SSSR count). The molecule has 0 aromatic rings.